The van der Waals surface area contributed by atoms with Gasteiger partial charge < -0.3 is 10.6 Å². The summed E-state index contributed by atoms with van der Waals surface area (Å²) in [6, 6.07) is 4.21. The van der Waals surface area contributed by atoms with Crippen molar-refractivity contribution in [2.45, 2.75) is 39.0 Å². The Kier molecular flexibility index (Phi) is 7.56. The van der Waals surface area contributed by atoms with Crippen LogP contribution in [0.1, 0.15) is 37.5 Å². The molecular weight excluding hydrogens is 292 g/mol. The van der Waals surface area contributed by atoms with Gasteiger partial charge in [0, 0.05) is 17.8 Å². The third-order valence-corrected chi connectivity index (χ3v) is 4.87. The molecule has 1 fully saturated rings. The van der Waals surface area contributed by atoms with Gasteiger partial charge in [0.05, 0.1) is 0 Å². The predicted octanol–water partition coefficient (Wildman–Crippen LogP) is 3.00. The summed E-state index contributed by atoms with van der Waals surface area (Å²) in [4.78, 5) is 13.2. The lowest BCUT2D eigenvalue weighted by molar-refractivity contribution is -0.121. The zero-order chi connectivity index (χ0) is 13.6. The summed E-state index contributed by atoms with van der Waals surface area (Å²) < 4.78 is 0. The third-order valence-electron chi connectivity index (χ3n) is 3.93. The van der Waals surface area contributed by atoms with Crippen LogP contribution in [0.2, 0.25) is 0 Å². The van der Waals surface area contributed by atoms with E-state index in [4.69, 9.17) is 0 Å². The summed E-state index contributed by atoms with van der Waals surface area (Å²) in [5, 5.41) is 8.57. The number of nitrogens with one attached hydrogen (secondary N) is 2. The maximum absolute atomic E-state index is 11.8. The first-order chi connectivity index (χ1) is 9.18. The maximum atomic E-state index is 11.8. The molecule has 1 aliphatic rings. The van der Waals surface area contributed by atoms with Crippen molar-refractivity contribution in [2.24, 2.45) is 5.41 Å². The van der Waals surface area contributed by atoms with Gasteiger partial charge in [-0.3, -0.25) is 4.79 Å². The van der Waals surface area contributed by atoms with Gasteiger partial charge in [0.2, 0.25) is 5.91 Å². The van der Waals surface area contributed by atoms with Crippen molar-refractivity contribution in [1.29, 1.82) is 0 Å². The van der Waals surface area contributed by atoms with Crippen LogP contribution in [0.3, 0.4) is 0 Å². The summed E-state index contributed by atoms with van der Waals surface area (Å²) >= 11 is 1.77. The molecule has 2 N–H and O–H groups in total. The quantitative estimate of drug-likeness (QED) is 0.847. The van der Waals surface area contributed by atoms with E-state index in [1.54, 1.807) is 11.3 Å². The number of aryl methyl sites for hydroxylation is 1. The van der Waals surface area contributed by atoms with Crippen LogP contribution in [0.4, 0.5) is 0 Å². The van der Waals surface area contributed by atoms with Crippen LogP contribution in [-0.4, -0.2) is 25.5 Å². The Morgan fingerprint density at radius 2 is 2.20 bits per heavy atom. The Labute approximate surface area is 131 Å². The van der Waals surface area contributed by atoms with Crippen LogP contribution in [0.15, 0.2) is 17.5 Å². The summed E-state index contributed by atoms with van der Waals surface area (Å²) in [7, 11) is 0. The van der Waals surface area contributed by atoms with Crippen LogP contribution in [0, 0.1) is 5.41 Å². The second kappa shape index (κ2) is 8.65. The average Bonchev–Trinajstić information content (AvgIpc) is 2.91. The molecule has 0 aliphatic carbocycles. The smallest absolute Gasteiger partial charge is 0.220 e. The van der Waals surface area contributed by atoms with Gasteiger partial charge in [-0.05, 0) is 55.6 Å². The van der Waals surface area contributed by atoms with Crippen molar-refractivity contribution in [3.63, 3.8) is 0 Å². The molecule has 0 bridgehead atoms. The first kappa shape index (κ1) is 17.5. The normalized spacial score (nSPS) is 17.2. The molecule has 1 aliphatic heterocycles. The van der Waals surface area contributed by atoms with Crippen LogP contribution >= 0.6 is 23.7 Å². The van der Waals surface area contributed by atoms with Crippen molar-refractivity contribution in [1.82, 2.24) is 10.6 Å². The highest BCUT2D eigenvalue weighted by Crippen LogP contribution is 2.26. The predicted molar refractivity (Wildman–Crippen MR) is 87.7 cm³/mol. The van der Waals surface area contributed by atoms with E-state index in [-0.39, 0.29) is 23.7 Å². The number of hydrogen-bond acceptors (Lipinski definition) is 3. The fourth-order valence-electron chi connectivity index (χ4n) is 2.49. The Bertz CT molecular complexity index is 389. The van der Waals surface area contributed by atoms with Gasteiger partial charge in [0.25, 0.3) is 0 Å². The van der Waals surface area contributed by atoms with Gasteiger partial charge in [0.15, 0.2) is 0 Å². The van der Waals surface area contributed by atoms with Crippen molar-refractivity contribution in [2.75, 3.05) is 19.6 Å². The molecule has 0 atom stereocenters. The molecule has 1 aromatic rings. The zero-order valence-corrected chi connectivity index (χ0v) is 13.7. The Balaban J connectivity index is 0.00000200. The van der Waals surface area contributed by atoms with Gasteiger partial charge in [-0.25, -0.2) is 0 Å². The lowest BCUT2D eigenvalue weighted by atomic mass is 9.81. The van der Waals surface area contributed by atoms with E-state index < -0.39 is 0 Å². The van der Waals surface area contributed by atoms with Gasteiger partial charge >= 0.3 is 0 Å². The highest BCUT2D eigenvalue weighted by atomic mass is 35.5. The van der Waals surface area contributed by atoms with Gasteiger partial charge in [0.1, 0.15) is 0 Å². The number of thiophene rings is 1. The average molecular weight is 317 g/mol. The SMILES string of the molecule is CC1(CNC(=O)CCCc2cccs2)CCNCC1.Cl. The van der Waals surface area contributed by atoms with E-state index >= 15 is 0 Å². The molecule has 2 rings (SSSR count). The first-order valence-electron chi connectivity index (χ1n) is 7.18. The topological polar surface area (TPSA) is 41.1 Å². The molecule has 0 radical (unpaired) electrons. The Morgan fingerprint density at radius 3 is 2.85 bits per heavy atom. The van der Waals surface area contributed by atoms with Crippen LogP contribution in [0.25, 0.3) is 0 Å². The van der Waals surface area contributed by atoms with Gasteiger partial charge in [-0.15, -0.1) is 23.7 Å². The standard InChI is InChI=1S/C15H24N2OS.ClH/c1-15(7-9-16-10-8-15)12-17-14(18)6-2-4-13-5-3-11-19-13;/h3,5,11,16H,2,4,6-10,12H2,1H3,(H,17,18);1H. The van der Waals surface area contributed by atoms with Crippen molar-refractivity contribution in [3.8, 4) is 0 Å². The second-order valence-electron chi connectivity index (χ2n) is 5.77. The number of halogens is 1. The Hall–Kier alpha value is -0.580. The lowest BCUT2D eigenvalue weighted by Gasteiger charge is -2.34. The fourth-order valence-corrected chi connectivity index (χ4v) is 3.24. The van der Waals surface area contributed by atoms with Crippen LogP contribution < -0.4 is 10.6 Å². The van der Waals surface area contributed by atoms with Gasteiger partial charge in [-0.2, -0.15) is 0 Å². The molecular formula is C15H25ClN2OS. The number of amides is 1. The van der Waals surface area contributed by atoms with E-state index in [1.165, 1.54) is 4.88 Å². The van der Waals surface area contributed by atoms with Crippen LogP contribution in [-0.2, 0) is 11.2 Å². The second-order valence-corrected chi connectivity index (χ2v) is 6.80. The number of piperidine rings is 1. The van der Waals surface area contributed by atoms with Crippen molar-refractivity contribution in [3.05, 3.63) is 22.4 Å². The molecule has 0 unspecified atom stereocenters. The highest BCUT2D eigenvalue weighted by molar-refractivity contribution is 7.09. The molecule has 0 spiro atoms. The molecule has 114 valence electrons. The molecule has 1 aromatic heterocycles. The first-order valence-corrected chi connectivity index (χ1v) is 8.06. The minimum atomic E-state index is 0. The lowest BCUT2D eigenvalue weighted by Crippen LogP contribution is -2.42. The summed E-state index contributed by atoms with van der Waals surface area (Å²) in [6.07, 6.45) is 4.92. The minimum Gasteiger partial charge on any atom is -0.356 e. The Morgan fingerprint density at radius 1 is 1.45 bits per heavy atom. The van der Waals surface area contributed by atoms with E-state index in [9.17, 15) is 4.79 Å². The summed E-state index contributed by atoms with van der Waals surface area (Å²) in [6.45, 7) is 5.25. The number of rotatable bonds is 6. The van der Waals surface area contributed by atoms with E-state index in [0.717, 1.165) is 45.3 Å². The molecule has 1 saturated heterocycles. The van der Waals surface area contributed by atoms with E-state index in [2.05, 4.69) is 35.1 Å². The molecule has 1 amide bonds. The zero-order valence-electron chi connectivity index (χ0n) is 12.1. The molecule has 2 heterocycles. The van der Waals surface area contributed by atoms with Crippen molar-refractivity contribution >= 4 is 29.7 Å². The van der Waals surface area contributed by atoms with E-state index in [1.807, 2.05) is 0 Å². The third kappa shape index (κ3) is 5.81. The van der Waals surface area contributed by atoms with E-state index in [0.29, 0.717) is 6.42 Å². The largest absolute Gasteiger partial charge is 0.356 e. The number of carbonyl (C=O) groups excluding carboxylic acids is 1. The highest BCUT2D eigenvalue weighted by Gasteiger charge is 2.26. The van der Waals surface area contributed by atoms with Crippen LogP contribution in [0.5, 0.6) is 0 Å². The molecule has 0 aromatic carbocycles. The number of carbonyl (C=O) groups is 1. The number of hydrogen-bond donors (Lipinski definition) is 2. The van der Waals surface area contributed by atoms with Crippen molar-refractivity contribution < 1.29 is 4.79 Å². The maximum Gasteiger partial charge on any atom is 0.220 e. The fraction of sp³-hybridized carbons (Fsp3) is 0.667. The molecule has 0 saturated carbocycles. The van der Waals surface area contributed by atoms with Gasteiger partial charge in [-0.1, -0.05) is 13.0 Å². The molecule has 3 nitrogen and oxygen atoms in total. The summed E-state index contributed by atoms with van der Waals surface area (Å²) in [5.41, 5.74) is 0.286. The molecule has 5 heteroatoms. The summed E-state index contributed by atoms with van der Waals surface area (Å²) in [5.74, 6) is 0.205. The monoisotopic (exact) mass is 316 g/mol. The minimum absolute atomic E-state index is 0. The molecule has 20 heavy (non-hydrogen) atoms.